The summed E-state index contributed by atoms with van der Waals surface area (Å²) in [5, 5.41) is 15.0. The number of rotatable bonds is 3. The van der Waals surface area contributed by atoms with Crippen LogP contribution in [0.1, 0.15) is 41.7 Å². The van der Waals surface area contributed by atoms with Crippen LogP contribution in [-0.2, 0) is 0 Å². The zero-order chi connectivity index (χ0) is 16.5. The number of nitrogens with zero attached hydrogens (tertiary/aromatic N) is 2. The molecule has 0 atom stereocenters. The molecule has 4 rings (SSSR count). The normalized spacial score (nSPS) is 14.6. The lowest BCUT2D eigenvalue weighted by atomic mass is 9.95. The van der Waals surface area contributed by atoms with Gasteiger partial charge in [0.05, 0.1) is 22.5 Å². The van der Waals surface area contributed by atoms with Crippen LogP contribution in [-0.4, -0.2) is 20.9 Å². The van der Waals surface area contributed by atoms with Crippen molar-refractivity contribution in [3.05, 3.63) is 65.9 Å². The number of allylic oxidation sites excluding steroid dienone is 2. The van der Waals surface area contributed by atoms with Crippen molar-refractivity contribution in [2.75, 3.05) is 0 Å². The van der Waals surface area contributed by atoms with E-state index in [4.69, 9.17) is 5.10 Å². The molecule has 0 saturated heterocycles. The van der Waals surface area contributed by atoms with Crippen LogP contribution >= 0.6 is 0 Å². The average Bonchev–Trinajstić information content (AvgIpc) is 3.01. The topological polar surface area (TPSA) is 55.1 Å². The summed E-state index contributed by atoms with van der Waals surface area (Å²) >= 11 is 0. The van der Waals surface area contributed by atoms with Crippen LogP contribution in [0.4, 0.5) is 0 Å². The fourth-order valence-corrected chi connectivity index (χ4v) is 3.34. The lowest BCUT2D eigenvalue weighted by Gasteiger charge is -2.15. The molecule has 4 heteroatoms. The summed E-state index contributed by atoms with van der Waals surface area (Å²) in [6, 6.07) is 15.2. The Labute approximate surface area is 140 Å². The van der Waals surface area contributed by atoms with E-state index in [1.165, 1.54) is 18.4 Å². The Morgan fingerprint density at radius 2 is 1.92 bits per heavy atom. The quantitative estimate of drug-likeness (QED) is 0.763. The molecular weight excluding hydrogens is 300 g/mol. The molecule has 0 aliphatic heterocycles. The Morgan fingerprint density at radius 1 is 1.08 bits per heavy atom. The molecule has 0 saturated carbocycles. The van der Waals surface area contributed by atoms with Crippen LogP contribution in [0.3, 0.4) is 0 Å². The number of aromatic nitrogens is 2. The van der Waals surface area contributed by atoms with Gasteiger partial charge in [-0.25, -0.2) is 9.48 Å². The first kappa shape index (κ1) is 14.7. The molecule has 120 valence electrons. The number of hydrogen-bond acceptors (Lipinski definition) is 2. The molecule has 4 nitrogen and oxygen atoms in total. The lowest BCUT2D eigenvalue weighted by Crippen LogP contribution is -2.03. The van der Waals surface area contributed by atoms with Gasteiger partial charge in [-0.2, -0.15) is 5.10 Å². The zero-order valence-electron chi connectivity index (χ0n) is 13.3. The highest BCUT2D eigenvalue weighted by Crippen LogP contribution is 2.34. The maximum absolute atomic E-state index is 11.3. The predicted molar refractivity (Wildman–Crippen MR) is 94.5 cm³/mol. The Balaban J connectivity index is 1.98. The minimum atomic E-state index is -0.926. The van der Waals surface area contributed by atoms with Crippen LogP contribution in [0.15, 0.2) is 54.6 Å². The average molecular weight is 318 g/mol. The molecule has 0 bridgehead atoms. The van der Waals surface area contributed by atoms with Crippen LogP contribution in [0.25, 0.3) is 22.2 Å². The Kier molecular flexibility index (Phi) is 3.65. The molecule has 0 unspecified atom stereocenters. The van der Waals surface area contributed by atoms with E-state index in [0.717, 1.165) is 35.1 Å². The van der Waals surface area contributed by atoms with Crippen molar-refractivity contribution in [3.63, 3.8) is 0 Å². The van der Waals surface area contributed by atoms with Crippen molar-refractivity contribution in [1.82, 2.24) is 9.78 Å². The van der Waals surface area contributed by atoms with Gasteiger partial charge < -0.3 is 5.11 Å². The van der Waals surface area contributed by atoms with Gasteiger partial charge in [0.25, 0.3) is 0 Å². The highest BCUT2D eigenvalue weighted by atomic mass is 16.4. The molecule has 2 aromatic carbocycles. The van der Waals surface area contributed by atoms with Crippen molar-refractivity contribution in [2.24, 2.45) is 0 Å². The van der Waals surface area contributed by atoms with Gasteiger partial charge in [0, 0.05) is 5.39 Å². The Hall–Kier alpha value is -2.88. The standard InChI is InChI=1S/C20H18N2O2/c23-20(24)15-11-12-17-18(13-15)21-22(16-9-5-2-6-10-16)19(17)14-7-3-1-4-8-14/h2,5-7,9-13H,1,3-4,8H2,(H,23,24). The first-order valence-electron chi connectivity index (χ1n) is 8.25. The van der Waals surface area contributed by atoms with Crippen LogP contribution in [0, 0.1) is 0 Å². The molecular formula is C20H18N2O2. The molecule has 24 heavy (non-hydrogen) atoms. The number of fused-ring (bicyclic) bond motifs is 1. The summed E-state index contributed by atoms with van der Waals surface area (Å²) in [4.78, 5) is 11.3. The van der Waals surface area contributed by atoms with Gasteiger partial charge in [-0.05, 0) is 61.6 Å². The maximum atomic E-state index is 11.3. The number of benzene rings is 2. The van der Waals surface area contributed by atoms with E-state index in [2.05, 4.69) is 6.08 Å². The molecule has 1 aliphatic carbocycles. The number of para-hydroxylation sites is 1. The second kappa shape index (κ2) is 5.96. The SMILES string of the molecule is O=C(O)c1ccc2c(C3=CCCCC3)n(-c3ccccc3)nc2c1. The second-order valence-corrected chi connectivity index (χ2v) is 6.11. The highest BCUT2D eigenvalue weighted by molar-refractivity contribution is 5.97. The monoisotopic (exact) mass is 318 g/mol. The van der Waals surface area contributed by atoms with Crippen LogP contribution < -0.4 is 0 Å². The number of carboxylic acid groups (broad SMARTS) is 1. The molecule has 0 amide bonds. The fraction of sp³-hybridized carbons (Fsp3) is 0.200. The largest absolute Gasteiger partial charge is 0.478 e. The minimum absolute atomic E-state index is 0.268. The summed E-state index contributed by atoms with van der Waals surface area (Å²) in [6.07, 6.45) is 6.83. The van der Waals surface area contributed by atoms with Gasteiger partial charge in [0.15, 0.2) is 0 Å². The van der Waals surface area contributed by atoms with Crippen molar-refractivity contribution < 1.29 is 9.90 Å². The summed E-state index contributed by atoms with van der Waals surface area (Å²) in [5.74, 6) is -0.926. The lowest BCUT2D eigenvalue weighted by molar-refractivity contribution is 0.0697. The van der Waals surface area contributed by atoms with Gasteiger partial charge in [-0.15, -0.1) is 0 Å². The second-order valence-electron chi connectivity index (χ2n) is 6.11. The van der Waals surface area contributed by atoms with Gasteiger partial charge in [0.1, 0.15) is 0 Å². The summed E-state index contributed by atoms with van der Waals surface area (Å²) in [6.45, 7) is 0. The third kappa shape index (κ3) is 2.50. The van der Waals surface area contributed by atoms with E-state index in [-0.39, 0.29) is 5.56 Å². The van der Waals surface area contributed by atoms with E-state index < -0.39 is 5.97 Å². The van der Waals surface area contributed by atoms with Crippen molar-refractivity contribution in [3.8, 4) is 5.69 Å². The zero-order valence-corrected chi connectivity index (χ0v) is 13.3. The third-order valence-corrected chi connectivity index (χ3v) is 4.52. The smallest absolute Gasteiger partial charge is 0.335 e. The summed E-state index contributed by atoms with van der Waals surface area (Å²) in [5.41, 5.74) is 4.38. The molecule has 0 radical (unpaired) electrons. The predicted octanol–water partition coefficient (Wildman–Crippen LogP) is 4.68. The first-order valence-corrected chi connectivity index (χ1v) is 8.25. The maximum Gasteiger partial charge on any atom is 0.335 e. The molecule has 1 heterocycles. The first-order chi connectivity index (χ1) is 11.7. The van der Waals surface area contributed by atoms with E-state index in [1.807, 2.05) is 41.1 Å². The van der Waals surface area contributed by atoms with Crippen molar-refractivity contribution >= 4 is 22.4 Å². The van der Waals surface area contributed by atoms with E-state index >= 15 is 0 Å². The van der Waals surface area contributed by atoms with Crippen LogP contribution in [0.5, 0.6) is 0 Å². The van der Waals surface area contributed by atoms with Gasteiger partial charge in [0.2, 0.25) is 0 Å². The van der Waals surface area contributed by atoms with Gasteiger partial charge >= 0.3 is 5.97 Å². The highest BCUT2D eigenvalue weighted by Gasteiger charge is 2.19. The Bertz CT molecular complexity index is 939. The summed E-state index contributed by atoms with van der Waals surface area (Å²) < 4.78 is 1.95. The Morgan fingerprint density at radius 3 is 2.62 bits per heavy atom. The number of aromatic carboxylic acids is 1. The van der Waals surface area contributed by atoms with Crippen molar-refractivity contribution in [2.45, 2.75) is 25.7 Å². The van der Waals surface area contributed by atoms with E-state index in [9.17, 15) is 9.90 Å². The summed E-state index contributed by atoms with van der Waals surface area (Å²) in [7, 11) is 0. The molecule has 1 aliphatic rings. The number of hydrogen-bond donors (Lipinski definition) is 1. The molecule has 0 spiro atoms. The fourth-order valence-electron chi connectivity index (χ4n) is 3.34. The van der Waals surface area contributed by atoms with E-state index in [1.54, 1.807) is 12.1 Å². The van der Waals surface area contributed by atoms with Gasteiger partial charge in [-0.1, -0.05) is 24.3 Å². The molecule has 3 aromatic rings. The third-order valence-electron chi connectivity index (χ3n) is 4.52. The molecule has 0 fully saturated rings. The van der Waals surface area contributed by atoms with Gasteiger partial charge in [-0.3, -0.25) is 0 Å². The van der Waals surface area contributed by atoms with Crippen LogP contribution in [0.2, 0.25) is 0 Å². The number of carboxylic acids is 1. The molecule has 1 aromatic heterocycles. The van der Waals surface area contributed by atoms with Crippen molar-refractivity contribution in [1.29, 1.82) is 0 Å². The van der Waals surface area contributed by atoms with E-state index in [0.29, 0.717) is 0 Å². The number of carbonyl (C=O) groups is 1. The molecule has 1 N–H and O–H groups in total. The minimum Gasteiger partial charge on any atom is -0.478 e.